The van der Waals surface area contributed by atoms with E-state index >= 15 is 0 Å². The van der Waals surface area contributed by atoms with Crippen molar-refractivity contribution in [3.8, 4) is 11.1 Å². The van der Waals surface area contributed by atoms with Crippen molar-refractivity contribution < 1.29 is 14.4 Å². The van der Waals surface area contributed by atoms with E-state index < -0.39 is 0 Å². The number of hydrogen-bond donors (Lipinski definition) is 1. The number of anilines is 2. The number of carbonyl (C=O) groups is 3. The zero-order chi connectivity index (χ0) is 20.7. The van der Waals surface area contributed by atoms with Gasteiger partial charge in [-0.15, -0.1) is 0 Å². The molecule has 2 aromatic rings. The molecule has 0 radical (unpaired) electrons. The van der Waals surface area contributed by atoms with E-state index in [-0.39, 0.29) is 36.2 Å². The molecule has 1 N–H and O–H groups in total. The van der Waals surface area contributed by atoms with Gasteiger partial charge in [0, 0.05) is 38.2 Å². The second-order valence-electron chi connectivity index (χ2n) is 7.76. The molecule has 1 aliphatic heterocycles. The molecular weight excluding hydrogens is 370 g/mol. The Morgan fingerprint density at radius 1 is 1.17 bits per heavy atom. The minimum Gasteiger partial charge on any atom is -0.358 e. The third-order valence-electron chi connectivity index (χ3n) is 5.50. The smallest absolute Gasteiger partial charge is 0.241 e. The summed E-state index contributed by atoms with van der Waals surface area (Å²) in [4.78, 5) is 40.3. The topological polar surface area (TPSA) is 87.5 Å². The summed E-state index contributed by atoms with van der Waals surface area (Å²) in [6.07, 6.45) is 5.37. The van der Waals surface area contributed by atoms with E-state index in [2.05, 4.69) is 10.4 Å². The largest absolute Gasteiger partial charge is 0.358 e. The van der Waals surface area contributed by atoms with Crippen LogP contribution in [0, 0.1) is 5.92 Å². The van der Waals surface area contributed by atoms with E-state index in [4.69, 9.17) is 0 Å². The van der Waals surface area contributed by atoms with Gasteiger partial charge in [-0.3, -0.25) is 19.1 Å². The zero-order valence-electron chi connectivity index (χ0n) is 16.9. The van der Waals surface area contributed by atoms with Crippen LogP contribution < -0.4 is 15.1 Å². The molecule has 1 saturated carbocycles. The standard InChI is InChI=1S/C21H25N5O3/c1-13-10-25(21(29)15-4-5-15)19-8-16(6-7-18(19)26(13)14(2)27)17-9-23-24(11-17)12-20(28)22-3/h6-9,11,13,15H,4-5,10,12H2,1-3H3,(H,22,28)/t13-/m0/s1. The number of rotatable bonds is 4. The molecule has 0 unspecified atom stereocenters. The van der Waals surface area contributed by atoms with Gasteiger partial charge < -0.3 is 15.1 Å². The lowest BCUT2D eigenvalue weighted by Gasteiger charge is -2.41. The molecule has 2 heterocycles. The van der Waals surface area contributed by atoms with Crippen molar-refractivity contribution in [1.82, 2.24) is 15.1 Å². The van der Waals surface area contributed by atoms with Gasteiger partial charge in [0.25, 0.3) is 0 Å². The Bertz CT molecular complexity index is 978. The molecule has 29 heavy (non-hydrogen) atoms. The molecule has 152 valence electrons. The first kappa shape index (κ1) is 19.2. The number of fused-ring (bicyclic) bond motifs is 1. The summed E-state index contributed by atoms with van der Waals surface area (Å²) < 4.78 is 1.57. The van der Waals surface area contributed by atoms with E-state index in [0.717, 1.165) is 35.3 Å². The van der Waals surface area contributed by atoms with Crippen LogP contribution in [-0.2, 0) is 20.9 Å². The molecule has 1 aromatic heterocycles. The van der Waals surface area contributed by atoms with Gasteiger partial charge in [0.05, 0.1) is 23.6 Å². The second-order valence-corrected chi connectivity index (χ2v) is 7.76. The van der Waals surface area contributed by atoms with Crippen molar-refractivity contribution in [2.45, 2.75) is 39.3 Å². The Balaban J connectivity index is 1.72. The van der Waals surface area contributed by atoms with Crippen molar-refractivity contribution in [1.29, 1.82) is 0 Å². The second kappa shape index (κ2) is 7.35. The summed E-state index contributed by atoms with van der Waals surface area (Å²) in [5.74, 6) is 0.0625. The van der Waals surface area contributed by atoms with Crippen LogP contribution in [0.3, 0.4) is 0 Å². The average Bonchev–Trinajstić information content (AvgIpc) is 3.45. The maximum absolute atomic E-state index is 12.9. The molecule has 3 amide bonds. The van der Waals surface area contributed by atoms with Crippen LogP contribution in [0.4, 0.5) is 11.4 Å². The predicted octanol–water partition coefficient (Wildman–Crippen LogP) is 1.79. The molecule has 1 aliphatic carbocycles. The summed E-state index contributed by atoms with van der Waals surface area (Å²) in [5.41, 5.74) is 3.25. The van der Waals surface area contributed by atoms with Crippen LogP contribution in [0.25, 0.3) is 11.1 Å². The van der Waals surface area contributed by atoms with Gasteiger partial charge in [0.1, 0.15) is 6.54 Å². The van der Waals surface area contributed by atoms with Crippen molar-refractivity contribution in [3.05, 3.63) is 30.6 Å². The number of nitrogens with one attached hydrogen (secondary N) is 1. The summed E-state index contributed by atoms with van der Waals surface area (Å²) in [6.45, 7) is 4.15. The highest BCUT2D eigenvalue weighted by Gasteiger charge is 2.39. The van der Waals surface area contributed by atoms with Crippen LogP contribution in [-0.4, -0.2) is 47.1 Å². The maximum atomic E-state index is 12.9. The van der Waals surface area contributed by atoms with Gasteiger partial charge in [-0.25, -0.2) is 0 Å². The van der Waals surface area contributed by atoms with Crippen LogP contribution in [0.15, 0.2) is 30.6 Å². The minimum atomic E-state index is -0.127. The van der Waals surface area contributed by atoms with Crippen molar-refractivity contribution in [2.24, 2.45) is 5.92 Å². The van der Waals surface area contributed by atoms with Gasteiger partial charge in [-0.1, -0.05) is 6.07 Å². The zero-order valence-corrected chi connectivity index (χ0v) is 16.9. The van der Waals surface area contributed by atoms with E-state index in [1.54, 1.807) is 35.9 Å². The fourth-order valence-electron chi connectivity index (χ4n) is 3.87. The Morgan fingerprint density at radius 2 is 1.93 bits per heavy atom. The van der Waals surface area contributed by atoms with Gasteiger partial charge in [0.2, 0.25) is 17.7 Å². The number of benzene rings is 1. The molecule has 1 fully saturated rings. The highest BCUT2D eigenvalue weighted by molar-refractivity contribution is 6.06. The van der Waals surface area contributed by atoms with E-state index in [1.807, 2.05) is 30.0 Å². The molecule has 8 nitrogen and oxygen atoms in total. The maximum Gasteiger partial charge on any atom is 0.241 e. The normalized spacial score (nSPS) is 18.4. The molecule has 0 saturated heterocycles. The lowest BCUT2D eigenvalue weighted by Crippen LogP contribution is -2.51. The Labute approximate surface area is 169 Å². The third-order valence-corrected chi connectivity index (χ3v) is 5.50. The lowest BCUT2D eigenvalue weighted by molar-refractivity contribution is -0.121. The molecule has 4 rings (SSSR count). The summed E-state index contributed by atoms with van der Waals surface area (Å²) >= 11 is 0. The molecule has 8 heteroatoms. The van der Waals surface area contributed by atoms with Crippen molar-refractivity contribution in [2.75, 3.05) is 23.4 Å². The van der Waals surface area contributed by atoms with Crippen LogP contribution in [0.2, 0.25) is 0 Å². The predicted molar refractivity (Wildman–Crippen MR) is 109 cm³/mol. The number of nitrogens with zero attached hydrogens (tertiary/aromatic N) is 4. The quantitative estimate of drug-likeness (QED) is 0.855. The van der Waals surface area contributed by atoms with Crippen LogP contribution in [0.1, 0.15) is 26.7 Å². The molecular formula is C21H25N5O3. The lowest BCUT2D eigenvalue weighted by atomic mass is 10.0. The van der Waals surface area contributed by atoms with Crippen LogP contribution >= 0.6 is 0 Å². The third kappa shape index (κ3) is 3.62. The Hall–Kier alpha value is -3.16. The number of carbonyl (C=O) groups excluding carboxylic acids is 3. The number of hydrogen-bond acceptors (Lipinski definition) is 4. The number of amides is 3. The molecule has 0 bridgehead atoms. The van der Waals surface area contributed by atoms with Gasteiger partial charge in [0.15, 0.2) is 0 Å². The summed E-state index contributed by atoms with van der Waals surface area (Å²) in [6, 6.07) is 5.68. The Morgan fingerprint density at radius 3 is 2.59 bits per heavy atom. The van der Waals surface area contributed by atoms with E-state index in [0.29, 0.717) is 6.54 Å². The van der Waals surface area contributed by atoms with Crippen molar-refractivity contribution in [3.63, 3.8) is 0 Å². The SMILES string of the molecule is CNC(=O)Cn1cc(-c2ccc3c(c2)N(C(=O)C2CC2)C[C@H](C)N3C(C)=O)cn1. The molecule has 2 aliphatic rings. The van der Waals surface area contributed by atoms with E-state index in [1.165, 1.54) is 0 Å². The highest BCUT2D eigenvalue weighted by atomic mass is 16.2. The minimum absolute atomic E-state index is 0.0385. The molecule has 1 aromatic carbocycles. The average molecular weight is 395 g/mol. The first-order valence-corrected chi connectivity index (χ1v) is 9.87. The highest BCUT2D eigenvalue weighted by Crippen LogP contribution is 2.41. The van der Waals surface area contributed by atoms with Gasteiger partial charge >= 0.3 is 0 Å². The Kier molecular flexibility index (Phi) is 4.86. The van der Waals surface area contributed by atoms with E-state index in [9.17, 15) is 14.4 Å². The van der Waals surface area contributed by atoms with Crippen LogP contribution in [0.5, 0.6) is 0 Å². The number of likely N-dealkylation sites (N-methyl/N-ethyl adjacent to an activating group) is 1. The summed E-state index contributed by atoms with van der Waals surface area (Å²) in [5, 5.41) is 6.83. The monoisotopic (exact) mass is 395 g/mol. The molecule has 1 atom stereocenters. The van der Waals surface area contributed by atoms with Gasteiger partial charge in [-0.2, -0.15) is 5.10 Å². The van der Waals surface area contributed by atoms with Crippen molar-refractivity contribution >= 4 is 29.1 Å². The van der Waals surface area contributed by atoms with Gasteiger partial charge in [-0.05, 0) is 37.5 Å². The first-order chi connectivity index (χ1) is 13.9. The molecule has 0 spiro atoms. The first-order valence-electron chi connectivity index (χ1n) is 9.87. The fraction of sp³-hybridized carbons (Fsp3) is 0.429. The number of aromatic nitrogens is 2. The summed E-state index contributed by atoms with van der Waals surface area (Å²) in [7, 11) is 1.59. The fourth-order valence-corrected chi connectivity index (χ4v) is 3.87.